The summed E-state index contributed by atoms with van der Waals surface area (Å²) in [7, 11) is 1.92. The van der Waals surface area contributed by atoms with Crippen LogP contribution in [0.1, 0.15) is 47.7 Å². The maximum atomic E-state index is 12.7. The van der Waals surface area contributed by atoms with Gasteiger partial charge in [0.2, 0.25) is 5.78 Å². The molecule has 144 valence electrons. The Bertz CT molecular complexity index is 1110. The van der Waals surface area contributed by atoms with E-state index in [9.17, 15) is 15.0 Å². The topological polar surface area (TPSA) is 84.6 Å². The van der Waals surface area contributed by atoms with Crippen LogP contribution in [-0.4, -0.2) is 25.5 Å². The van der Waals surface area contributed by atoms with Gasteiger partial charge < -0.3 is 19.5 Å². The summed E-state index contributed by atoms with van der Waals surface area (Å²) in [5, 5.41) is 20.7. The first-order valence-corrected chi connectivity index (χ1v) is 9.42. The molecule has 0 radical (unpaired) electrons. The third-order valence-electron chi connectivity index (χ3n) is 5.05. The van der Waals surface area contributed by atoms with Crippen molar-refractivity contribution in [3.05, 3.63) is 53.0 Å². The lowest BCUT2D eigenvalue weighted by Crippen LogP contribution is -1.98. The Morgan fingerprint density at radius 3 is 2.86 bits per heavy atom. The summed E-state index contributed by atoms with van der Waals surface area (Å²) < 4.78 is 7.57. The Morgan fingerprint density at radius 2 is 2.07 bits per heavy atom. The monoisotopic (exact) mass is 378 g/mol. The zero-order valence-electron chi connectivity index (χ0n) is 15.9. The third kappa shape index (κ3) is 3.01. The van der Waals surface area contributed by atoms with Gasteiger partial charge in [-0.25, -0.2) is 4.98 Å². The van der Waals surface area contributed by atoms with Gasteiger partial charge in [0.05, 0.1) is 0 Å². The molecule has 2 N–H and O–H groups in total. The number of aromatic hydroxyl groups is 2. The number of hydrogen-bond acceptors (Lipinski definition) is 5. The lowest BCUT2D eigenvalue weighted by molar-refractivity contribution is 0.101. The molecule has 0 amide bonds. The first-order chi connectivity index (χ1) is 13.5. The number of fused-ring (bicyclic) bond motifs is 2. The van der Waals surface area contributed by atoms with Gasteiger partial charge in [0, 0.05) is 42.5 Å². The lowest BCUT2D eigenvalue weighted by Gasteiger charge is -2.05. The first kappa shape index (κ1) is 18.1. The molecule has 0 unspecified atom stereocenters. The first-order valence-electron chi connectivity index (χ1n) is 9.42. The number of carbonyl (C=O) groups is 1. The Hall–Kier alpha value is -3.28. The fourth-order valence-corrected chi connectivity index (χ4v) is 3.71. The Balaban J connectivity index is 1.78. The number of phenolic OH excluding ortho intramolecular Hbond substituents is 2. The molecule has 2 aromatic heterocycles. The highest BCUT2D eigenvalue weighted by atomic mass is 16.5. The van der Waals surface area contributed by atoms with Crippen LogP contribution in [-0.2, 0) is 13.5 Å². The highest BCUT2D eigenvalue weighted by molar-refractivity contribution is 6.16. The lowest BCUT2D eigenvalue weighted by atomic mass is 10.0. The van der Waals surface area contributed by atoms with Gasteiger partial charge in [-0.1, -0.05) is 19.8 Å². The van der Waals surface area contributed by atoms with Crippen molar-refractivity contribution in [1.82, 2.24) is 9.55 Å². The van der Waals surface area contributed by atoms with Crippen LogP contribution in [0, 0.1) is 0 Å². The van der Waals surface area contributed by atoms with Crippen molar-refractivity contribution in [1.29, 1.82) is 0 Å². The van der Waals surface area contributed by atoms with Crippen molar-refractivity contribution < 1.29 is 19.7 Å². The van der Waals surface area contributed by atoms with Crippen molar-refractivity contribution in [2.45, 2.75) is 32.6 Å². The van der Waals surface area contributed by atoms with Crippen molar-refractivity contribution in [2.75, 3.05) is 0 Å². The maximum absolute atomic E-state index is 12.7. The number of aromatic nitrogens is 2. The van der Waals surface area contributed by atoms with Crippen LogP contribution < -0.4 is 4.74 Å². The predicted octanol–water partition coefficient (Wildman–Crippen LogP) is 4.33. The molecule has 0 saturated carbocycles. The fourth-order valence-electron chi connectivity index (χ4n) is 3.71. The number of hydrogen-bond donors (Lipinski definition) is 2. The number of phenols is 2. The number of aryl methyl sites for hydroxylation is 2. The van der Waals surface area contributed by atoms with Crippen LogP contribution in [0.2, 0.25) is 0 Å². The number of ether oxygens (including phenoxy) is 1. The average Bonchev–Trinajstić information content (AvgIpc) is 3.13. The SMILES string of the molecule is CCCCCc1ccnc2c1c(/C=C1\Oc3cc(O)cc(O)c3C1=O)cn2C. The Labute approximate surface area is 162 Å². The summed E-state index contributed by atoms with van der Waals surface area (Å²) >= 11 is 0. The van der Waals surface area contributed by atoms with Crippen LogP contribution in [0.4, 0.5) is 0 Å². The van der Waals surface area contributed by atoms with E-state index < -0.39 is 5.78 Å². The van der Waals surface area contributed by atoms with Gasteiger partial charge in [-0.3, -0.25) is 4.79 Å². The van der Waals surface area contributed by atoms with Gasteiger partial charge in [-0.2, -0.15) is 0 Å². The molecule has 4 rings (SSSR count). The number of rotatable bonds is 5. The summed E-state index contributed by atoms with van der Waals surface area (Å²) in [5.41, 5.74) is 2.96. The van der Waals surface area contributed by atoms with Gasteiger partial charge in [0.1, 0.15) is 28.5 Å². The summed E-state index contributed by atoms with van der Waals surface area (Å²) in [6, 6.07) is 4.49. The van der Waals surface area contributed by atoms with E-state index in [1.165, 1.54) is 11.6 Å². The van der Waals surface area contributed by atoms with E-state index in [1.54, 1.807) is 6.08 Å². The summed E-state index contributed by atoms with van der Waals surface area (Å²) in [6.07, 6.45) is 9.76. The highest BCUT2D eigenvalue weighted by Crippen LogP contribution is 2.41. The highest BCUT2D eigenvalue weighted by Gasteiger charge is 2.31. The Morgan fingerprint density at radius 1 is 1.25 bits per heavy atom. The minimum absolute atomic E-state index is 0.0746. The number of ketones is 1. The largest absolute Gasteiger partial charge is 0.508 e. The molecular weight excluding hydrogens is 356 g/mol. The van der Waals surface area contributed by atoms with Crippen LogP contribution >= 0.6 is 0 Å². The summed E-state index contributed by atoms with van der Waals surface area (Å²) in [4.78, 5) is 17.2. The van der Waals surface area contributed by atoms with E-state index in [4.69, 9.17) is 4.74 Å². The van der Waals surface area contributed by atoms with E-state index in [0.717, 1.165) is 48.3 Å². The molecule has 0 bridgehead atoms. The van der Waals surface area contributed by atoms with E-state index in [2.05, 4.69) is 11.9 Å². The van der Waals surface area contributed by atoms with Crippen molar-refractivity contribution >= 4 is 22.9 Å². The minimum atomic E-state index is -0.402. The second-order valence-electron chi connectivity index (χ2n) is 7.10. The molecule has 6 heteroatoms. The normalized spacial score (nSPS) is 14.6. The fraction of sp³-hybridized carbons (Fsp3) is 0.273. The summed E-state index contributed by atoms with van der Waals surface area (Å²) in [5.74, 6) is -0.566. The van der Waals surface area contributed by atoms with Gasteiger partial charge in [0.25, 0.3) is 0 Å². The van der Waals surface area contributed by atoms with Crippen LogP contribution in [0.15, 0.2) is 36.4 Å². The molecular formula is C22H22N2O4. The standard InChI is InChI=1S/C22H22N2O4/c1-3-4-5-6-13-7-8-23-22-19(13)14(12-24(22)2)9-18-21(27)20-16(26)10-15(25)11-17(20)28-18/h7-12,25-26H,3-6H2,1-2H3/b18-9-. The Kier molecular flexibility index (Phi) is 4.55. The molecule has 0 fully saturated rings. The van der Waals surface area contributed by atoms with Crippen molar-refractivity contribution in [3.8, 4) is 17.2 Å². The van der Waals surface area contributed by atoms with E-state index in [1.807, 2.05) is 30.1 Å². The van der Waals surface area contributed by atoms with Crippen molar-refractivity contribution in [2.24, 2.45) is 7.05 Å². The minimum Gasteiger partial charge on any atom is -0.508 e. The number of benzene rings is 1. The summed E-state index contributed by atoms with van der Waals surface area (Å²) in [6.45, 7) is 2.18. The molecule has 0 atom stereocenters. The molecule has 1 aliphatic rings. The molecule has 28 heavy (non-hydrogen) atoms. The third-order valence-corrected chi connectivity index (χ3v) is 5.05. The number of Topliss-reactive ketones (excluding diaryl/α,β-unsaturated/α-hetero) is 1. The molecule has 1 aromatic carbocycles. The van der Waals surface area contributed by atoms with Crippen LogP contribution in [0.3, 0.4) is 0 Å². The number of nitrogens with zero attached hydrogens (tertiary/aromatic N) is 2. The van der Waals surface area contributed by atoms with Gasteiger partial charge >= 0.3 is 0 Å². The number of pyridine rings is 1. The molecule has 0 aliphatic carbocycles. The average molecular weight is 378 g/mol. The second-order valence-corrected chi connectivity index (χ2v) is 7.10. The van der Waals surface area contributed by atoms with E-state index >= 15 is 0 Å². The number of unbranched alkanes of at least 4 members (excludes halogenated alkanes) is 2. The number of allylic oxidation sites excluding steroid dienone is 1. The molecule has 3 aromatic rings. The molecule has 0 saturated heterocycles. The van der Waals surface area contributed by atoms with E-state index in [-0.39, 0.29) is 28.6 Å². The molecule has 3 heterocycles. The molecule has 0 spiro atoms. The van der Waals surface area contributed by atoms with Gasteiger partial charge in [-0.15, -0.1) is 0 Å². The smallest absolute Gasteiger partial charge is 0.235 e. The van der Waals surface area contributed by atoms with Gasteiger partial charge in [-0.05, 0) is 30.5 Å². The van der Waals surface area contributed by atoms with Crippen molar-refractivity contribution in [3.63, 3.8) is 0 Å². The quantitative estimate of drug-likeness (QED) is 0.510. The zero-order chi connectivity index (χ0) is 19.8. The molecule has 6 nitrogen and oxygen atoms in total. The number of carbonyl (C=O) groups excluding carboxylic acids is 1. The predicted molar refractivity (Wildman–Crippen MR) is 107 cm³/mol. The van der Waals surface area contributed by atoms with Crippen LogP contribution in [0.5, 0.6) is 17.2 Å². The van der Waals surface area contributed by atoms with Crippen LogP contribution in [0.25, 0.3) is 17.1 Å². The van der Waals surface area contributed by atoms with E-state index in [0.29, 0.717) is 0 Å². The maximum Gasteiger partial charge on any atom is 0.235 e. The van der Waals surface area contributed by atoms with Gasteiger partial charge in [0.15, 0.2) is 5.76 Å². The second kappa shape index (κ2) is 7.03. The zero-order valence-corrected chi connectivity index (χ0v) is 15.9. The molecule has 1 aliphatic heterocycles.